The van der Waals surface area contributed by atoms with Crippen LogP contribution in [0.4, 0.5) is 0 Å². The van der Waals surface area contributed by atoms with Crippen molar-refractivity contribution in [2.45, 2.75) is 18.9 Å². The lowest BCUT2D eigenvalue weighted by molar-refractivity contribution is 0.152. The van der Waals surface area contributed by atoms with E-state index in [-0.39, 0.29) is 0 Å². The second-order valence-electron chi connectivity index (χ2n) is 6.28. The molecule has 5 nitrogen and oxygen atoms in total. The van der Waals surface area contributed by atoms with E-state index in [0.29, 0.717) is 6.04 Å². The number of rotatable bonds is 5. The molecule has 24 heavy (non-hydrogen) atoms. The Hall–Kier alpha value is -2.40. The van der Waals surface area contributed by atoms with Gasteiger partial charge in [-0.25, -0.2) is 4.68 Å². The van der Waals surface area contributed by atoms with Crippen molar-refractivity contribution in [2.75, 3.05) is 26.2 Å². The van der Waals surface area contributed by atoms with Gasteiger partial charge in [-0.05, 0) is 24.3 Å². The van der Waals surface area contributed by atoms with Crippen LogP contribution < -0.4 is 4.74 Å². The molecule has 0 amide bonds. The number of nitrogens with zero attached hydrogens (tertiary/aromatic N) is 4. The summed E-state index contributed by atoms with van der Waals surface area (Å²) in [5.41, 5.74) is 0. The summed E-state index contributed by atoms with van der Waals surface area (Å²) in [5, 5.41) is 10.4. The Balaban J connectivity index is 1.29. The molecule has 0 bridgehead atoms. The summed E-state index contributed by atoms with van der Waals surface area (Å²) in [5.74, 6) is 0.977. The first kappa shape index (κ1) is 15.1. The van der Waals surface area contributed by atoms with Gasteiger partial charge >= 0.3 is 0 Å². The van der Waals surface area contributed by atoms with Crippen molar-refractivity contribution >= 4 is 10.8 Å². The molecule has 1 saturated heterocycles. The van der Waals surface area contributed by atoms with Crippen LogP contribution in [0.5, 0.6) is 5.75 Å². The summed E-state index contributed by atoms with van der Waals surface area (Å²) in [7, 11) is 0. The Bertz CT molecular complexity index is 774. The third kappa shape index (κ3) is 3.26. The molecule has 0 atom stereocenters. The zero-order chi connectivity index (χ0) is 16.2. The Kier molecular flexibility index (Phi) is 4.42. The monoisotopic (exact) mass is 322 g/mol. The fourth-order valence-electron chi connectivity index (χ4n) is 3.43. The van der Waals surface area contributed by atoms with Crippen LogP contribution in [0.1, 0.15) is 18.9 Å². The van der Waals surface area contributed by atoms with Gasteiger partial charge in [0.15, 0.2) is 0 Å². The predicted molar refractivity (Wildman–Crippen MR) is 94.2 cm³/mol. The van der Waals surface area contributed by atoms with Crippen molar-refractivity contribution in [3.8, 4) is 5.75 Å². The molecule has 124 valence electrons. The quantitative estimate of drug-likeness (QED) is 0.724. The molecule has 2 aromatic carbocycles. The maximum Gasteiger partial charge on any atom is 0.127 e. The van der Waals surface area contributed by atoms with Crippen LogP contribution in [0.15, 0.2) is 54.9 Å². The molecule has 0 spiro atoms. The number of aromatic nitrogens is 3. The topological polar surface area (TPSA) is 43.2 Å². The highest BCUT2D eigenvalue weighted by atomic mass is 16.5. The van der Waals surface area contributed by atoms with Crippen LogP contribution in [-0.2, 0) is 0 Å². The molecule has 0 radical (unpaired) electrons. The molecule has 0 N–H and O–H groups in total. The highest BCUT2D eigenvalue weighted by Gasteiger charge is 2.20. The van der Waals surface area contributed by atoms with Crippen LogP contribution in [0.25, 0.3) is 10.8 Å². The van der Waals surface area contributed by atoms with E-state index < -0.39 is 0 Å². The van der Waals surface area contributed by atoms with Gasteiger partial charge in [0.1, 0.15) is 12.4 Å². The third-order valence-corrected chi connectivity index (χ3v) is 4.79. The maximum atomic E-state index is 6.05. The van der Waals surface area contributed by atoms with Crippen LogP contribution >= 0.6 is 0 Å². The van der Waals surface area contributed by atoms with E-state index in [9.17, 15) is 0 Å². The molecular weight excluding hydrogens is 300 g/mol. The number of ether oxygens (including phenoxy) is 1. The molecule has 1 aliphatic heterocycles. The number of hydrogen-bond donors (Lipinski definition) is 0. The zero-order valence-electron chi connectivity index (χ0n) is 13.7. The molecule has 0 saturated carbocycles. The minimum Gasteiger partial charge on any atom is -0.492 e. The Morgan fingerprint density at radius 3 is 2.71 bits per heavy atom. The van der Waals surface area contributed by atoms with E-state index in [4.69, 9.17) is 4.74 Å². The summed E-state index contributed by atoms with van der Waals surface area (Å²) in [4.78, 5) is 2.47. The summed E-state index contributed by atoms with van der Waals surface area (Å²) >= 11 is 0. The first-order valence-electron chi connectivity index (χ1n) is 8.59. The van der Waals surface area contributed by atoms with E-state index in [2.05, 4.69) is 57.7 Å². The van der Waals surface area contributed by atoms with Crippen molar-refractivity contribution in [1.29, 1.82) is 0 Å². The van der Waals surface area contributed by atoms with Crippen LogP contribution in [0, 0.1) is 0 Å². The van der Waals surface area contributed by atoms with Crippen LogP contribution in [0.3, 0.4) is 0 Å². The lowest BCUT2D eigenvalue weighted by Crippen LogP contribution is -2.37. The fraction of sp³-hybridized carbons (Fsp3) is 0.368. The first-order chi connectivity index (χ1) is 11.9. The second kappa shape index (κ2) is 7.01. The van der Waals surface area contributed by atoms with Gasteiger partial charge < -0.3 is 4.74 Å². The molecular formula is C19H22N4O. The standard InChI is InChI=1S/C19H22N4O/c1-2-6-18-16(4-1)5-3-7-19(18)24-15-14-22-11-8-17(9-12-22)23-13-10-20-21-23/h1-7,10,13,17H,8-9,11-12,14-15H2. The molecule has 1 fully saturated rings. The summed E-state index contributed by atoms with van der Waals surface area (Å²) < 4.78 is 8.04. The van der Waals surface area contributed by atoms with Gasteiger partial charge in [-0.3, -0.25) is 4.90 Å². The summed E-state index contributed by atoms with van der Waals surface area (Å²) in [6.45, 7) is 3.86. The van der Waals surface area contributed by atoms with Gasteiger partial charge in [-0.2, -0.15) is 0 Å². The Morgan fingerprint density at radius 1 is 1.04 bits per heavy atom. The van der Waals surface area contributed by atoms with Gasteiger partial charge in [0, 0.05) is 31.2 Å². The highest BCUT2D eigenvalue weighted by Crippen LogP contribution is 2.25. The van der Waals surface area contributed by atoms with E-state index in [1.807, 2.05) is 10.9 Å². The molecule has 4 rings (SSSR count). The molecule has 3 aromatic rings. The Labute approximate surface area is 141 Å². The molecule has 1 aromatic heterocycles. The van der Waals surface area contributed by atoms with E-state index in [0.717, 1.165) is 44.8 Å². The van der Waals surface area contributed by atoms with Gasteiger partial charge in [0.25, 0.3) is 0 Å². The van der Waals surface area contributed by atoms with Crippen molar-refractivity contribution in [3.05, 3.63) is 54.9 Å². The van der Waals surface area contributed by atoms with Gasteiger partial charge in [-0.15, -0.1) is 5.10 Å². The van der Waals surface area contributed by atoms with E-state index in [1.165, 1.54) is 10.8 Å². The van der Waals surface area contributed by atoms with Crippen LogP contribution in [-0.4, -0.2) is 46.1 Å². The lowest BCUT2D eigenvalue weighted by atomic mass is 10.1. The van der Waals surface area contributed by atoms with Crippen LogP contribution in [0.2, 0.25) is 0 Å². The lowest BCUT2D eigenvalue weighted by Gasteiger charge is -2.31. The molecule has 5 heteroatoms. The number of likely N-dealkylation sites (tertiary alicyclic amines) is 1. The molecule has 0 aliphatic carbocycles. The SMILES string of the molecule is c1ccc2c(OCCN3CCC(n4ccnn4)CC3)cccc2c1. The molecule has 1 aliphatic rings. The predicted octanol–water partition coefficient (Wildman–Crippen LogP) is 3.15. The van der Waals surface area contributed by atoms with Gasteiger partial charge in [0.2, 0.25) is 0 Å². The first-order valence-corrected chi connectivity index (χ1v) is 8.59. The minimum absolute atomic E-state index is 0.489. The van der Waals surface area contributed by atoms with Crippen molar-refractivity contribution in [2.24, 2.45) is 0 Å². The average molecular weight is 322 g/mol. The number of hydrogen-bond acceptors (Lipinski definition) is 4. The summed E-state index contributed by atoms with van der Waals surface area (Å²) in [6, 6.07) is 15.1. The maximum absolute atomic E-state index is 6.05. The largest absolute Gasteiger partial charge is 0.492 e. The normalized spacial score (nSPS) is 16.5. The second-order valence-corrected chi connectivity index (χ2v) is 6.28. The fourth-order valence-corrected chi connectivity index (χ4v) is 3.43. The summed E-state index contributed by atoms with van der Waals surface area (Å²) in [6.07, 6.45) is 5.96. The molecule has 0 unspecified atom stereocenters. The van der Waals surface area contributed by atoms with Crippen molar-refractivity contribution in [3.63, 3.8) is 0 Å². The van der Waals surface area contributed by atoms with Gasteiger partial charge in [0.05, 0.1) is 12.2 Å². The number of piperidine rings is 1. The minimum atomic E-state index is 0.489. The number of benzene rings is 2. The molecule has 2 heterocycles. The smallest absolute Gasteiger partial charge is 0.127 e. The van der Waals surface area contributed by atoms with Crippen molar-refractivity contribution < 1.29 is 4.74 Å². The van der Waals surface area contributed by atoms with E-state index in [1.54, 1.807) is 6.20 Å². The van der Waals surface area contributed by atoms with Gasteiger partial charge in [-0.1, -0.05) is 41.6 Å². The van der Waals surface area contributed by atoms with Crippen molar-refractivity contribution in [1.82, 2.24) is 19.9 Å². The third-order valence-electron chi connectivity index (χ3n) is 4.79. The van der Waals surface area contributed by atoms with E-state index >= 15 is 0 Å². The number of fused-ring (bicyclic) bond motifs is 1. The Morgan fingerprint density at radius 2 is 1.88 bits per heavy atom. The average Bonchev–Trinajstić information content (AvgIpc) is 3.17. The zero-order valence-corrected chi connectivity index (χ0v) is 13.7. The highest BCUT2D eigenvalue weighted by molar-refractivity contribution is 5.88.